The number of rotatable bonds is 8. The van der Waals surface area contributed by atoms with E-state index in [1.54, 1.807) is 55.6 Å². The molecule has 0 aliphatic rings. The van der Waals surface area contributed by atoms with Crippen molar-refractivity contribution in [2.24, 2.45) is 0 Å². The molecule has 6 nitrogen and oxygen atoms in total. The van der Waals surface area contributed by atoms with Crippen molar-refractivity contribution < 1.29 is 23.8 Å². The highest BCUT2D eigenvalue weighted by atomic mass is 16.6. The van der Waals surface area contributed by atoms with Crippen molar-refractivity contribution in [3.05, 3.63) is 83.4 Å². The van der Waals surface area contributed by atoms with Crippen LogP contribution in [0.2, 0.25) is 0 Å². The number of benzene rings is 3. The van der Waals surface area contributed by atoms with E-state index in [2.05, 4.69) is 19.2 Å². The molecule has 1 N–H and O–H groups in total. The van der Waals surface area contributed by atoms with Crippen LogP contribution in [-0.2, 0) is 4.79 Å². The number of carbonyl (C=O) groups is 2. The molecule has 0 aliphatic heterocycles. The second-order valence-corrected chi connectivity index (χ2v) is 7.64. The van der Waals surface area contributed by atoms with Crippen molar-refractivity contribution in [1.82, 2.24) is 0 Å². The minimum Gasteiger partial charge on any atom is -0.497 e. The summed E-state index contributed by atoms with van der Waals surface area (Å²) in [6.07, 6.45) is 0. The van der Waals surface area contributed by atoms with Gasteiger partial charge in [0.1, 0.15) is 17.2 Å². The number of methoxy groups -OCH3 is 1. The van der Waals surface area contributed by atoms with E-state index in [9.17, 15) is 9.59 Å². The van der Waals surface area contributed by atoms with E-state index < -0.39 is 5.97 Å². The summed E-state index contributed by atoms with van der Waals surface area (Å²) >= 11 is 0. The van der Waals surface area contributed by atoms with Gasteiger partial charge in [0, 0.05) is 11.3 Å². The summed E-state index contributed by atoms with van der Waals surface area (Å²) in [5.74, 6) is 1.30. The summed E-state index contributed by atoms with van der Waals surface area (Å²) in [5.41, 5.74) is 3.46. The monoisotopic (exact) mass is 433 g/mol. The Morgan fingerprint density at radius 3 is 2.09 bits per heavy atom. The van der Waals surface area contributed by atoms with Gasteiger partial charge >= 0.3 is 5.97 Å². The standard InChI is InChI=1S/C26H27NO5/c1-17(2)24-14-13-23(15-18(24)3)31-16-25(28)32-22-9-5-19(6-10-22)26(29)27-20-7-11-21(30-4)12-8-20/h5-15,17H,16H2,1-4H3,(H,27,29). The first-order valence-corrected chi connectivity index (χ1v) is 10.3. The molecule has 32 heavy (non-hydrogen) atoms. The lowest BCUT2D eigenvalue weighted by molar-refractivity contribution is -0.136. The summed E-state index contributed by atoms with van der Waals surface area (Å²) in [4.78, 5) is 24.5. The highest BCUT2D eigenvalue weighted by Crippen LogP contribution is 2.23. The Hall–Kier alpha value is -3.80. The fourth-order valence-electron chi connectivity index (χ4n) is 3.24. The van der Waals surface area contributed by atoms with Crippen LogP contribution in [-0.4, -0.2) is 25.6 Å². The van der Waals surface area contributed by atoms with Gasteiger partial charge in [0.25, 0.3) is 5.91 Å². The third kappa shape index (κ3) is 6.11. The van der Waals surface area contributed by atoms with Gasteiger partial charge in [-0.2, -0.15) is 0 Å². The molecule has 0 fully saturated rings. The molecule has 0 atom stereocenters. The average Bonchev–Trinajstić information content (AvgIpc) is 2.78. The molecule has 6 heteroatoms. The Kier molecular flexibility index (Phi) is 7.49. The van der Waals surface area contributed by atoms with Crippen LogP contribution in [0.5, 0.6) is 17.2 Å². The highest BCUT2D eigenvalue weighted by molar-refractivity contribution is 6.04. The van der Waals surface area contributed by atoms with Gasteiger partial charge < -0.3 is 19.5 Å². The van der Waals surface area contributed by atoms with Crippen LogP contribution in [0.1, 0.15) is 41.3 Å². The quantitative estimate of drug-likeness (QED) is 0.382. The summed E-state index contributed by atoms with van der Waals surface area (Å²) < 4.78 is 16.0. The molecule has 0 radical (unpaired) electrons. The zero-order chi connectivity index (χ0) is 23.1. The van der Waals surface area contributed by atoms with Gasteiger partial charge in [0.2, 0.25) is 0 Å². The number of aryl methyl sites for hydroxylation is 1. The molecule has 0 spiro atoms. The lowest BCUT2D eigenvalue weighted by Crippen LogP contribution is -2.18. The maximum atomic E-state index is 12.4. The van der Waals surface area contributed by atoms with Gasteiger partial charge in [-0.15, -0.1) is 0 Å². The van der Waals surface area contributed by atoms with Crippen molar-refractivity contribution in [3.63, 3.8) is 0 Å². The molecular weight excluding hydrogens is 406 g/mol. The number of hydrogen-bond donors (Lipinski definition) is 1. The number of ether oxygens (including phenoxy) is 3. The molecule has 0 saturated carbocycles. The molecule has 3 rings (SSSR count). The minimum atomic E-state index is -0.522. The Bertz CT molecular complexity index is 1070. The van der Waals surface area contributed by atoms with Crippen LogP contribution in [0.15, 0.2) is 66.7 Å². The van der Waals surface area contributed by atoms with Crippen LogP contribution in [0.3, 0.4) is 0 Å². The van der Waals surface area contributed by atoms with E-state index in [4.69, 9.17) is 14.2 Å². The first-order chi connectivity index (χ1) is 15.4. The number of anilines is 1. The van der Waals surface area contributed by atoms with Gasteiger partial charge in [-0.1, -0.05) is 19.9 Å². The fraction of sp³-hybridized carbons (Fsp3) is 0.231. The third-order valence-electron chi connectivity index (χ3n) is 4.92. The van der Waals surface area contributed by atoms with Gasteiger partial charge in [-0.05, 0) is 84.6 Å². The lowest BCUT2D eigenvalue weighted by atomic mass is 9.98. The molecule has 0 heterocycles. The molecule has 3 aromatic carbocycles. The molecular formula is C26H27NO5. The molecule has 3 aromatic rings. The van der Waals surface area contributed by atoms with Crippen molar-refractivity contribution in [2.45, 2.75) is 26.7 Å². The van der Waals surface area contributed by atoms with E-state index in [-0.39, 0.29) is 12.5 Å². The van der Waals surface area contributed by atoms with Gasteiger partial charge in [0.15, 0.2) is 6.61 Å². The molecule has 0 saturated heterocycles. The van der Waals surface area contributed by atoms with Crippen molar-refractivity contribution in [2.75, 3.05) is 19.0 Å². The van der Waals surface area contributed by atoms with Crippen LogP contribution in [0.25, 0.3) is 0 Å². The fourth-order valence-corrected chi connectivity index (χ4v) is 3.24. The van der Waals surface area contributed by atoms with E-state index in [1.165, 1.54) is 5.56 Å². The number of hydrogen-bond acceptors (Lipinski definition) is 5. The number of esters is 1. The Morgan fingerprint density at radius 2 is 1.50 bits per heavy atom. The van der Waals surface area contributed by atoms with Gasteiger partial charge in [0.05, 0.1) is 7.11 Å². The van der Waals surface area contributed by atoms with E-state index in [0.29, 0.717) is 34.4 Å². The van der Waals surface area contributed by atoms with Gasteiger partial charge in [-0.3, -0.25) is 4.79 Å². The smallest absolute Gasteiger partial charge is 0.349 e. The average molecular weight is 434 g/mol. The van der Waals surface area contributed by atoms with Crippen molar-refractivity contribution in [1.29, 1.82) is 0 Å². The molecule has 166 valence electrons. The first kappa shape index (κ1) is 22.9. The molecule has 0 aliphatic carbocycles. The van der Waals surface area contributed by atoms with Crippen LogP contribution < -0.4 is 19.5 Å². The largest absolute Gasteiger partial charge is 0.497 e. The van der Waals surface area contributed by atoms with Crippen molar-refractivity contribution >= 4 is 17.6 Å². The van der Waals surface area contributed by atoms with Crippen LogP contribution in [0, 0.1) is 6.92 Å². The summed E-state index contributed by atoms with van der Waals surface area (Å²) in [5, 5.41) is 2.80. The molecule has 0 aromatic heterocycles. The Morgan fingerprint density at radius 1 is 0.875 bits per heavy atom. The summed E-state index contributed by atoms with van der Waals surface area (Å²) in [6.45, 7) is 6.08. The van der Waals surface area contributed by atoms with E-state index in [1.807, 2.05) is 25.1 Å². The minimum absolute atomic E-state index is 0.208. The predicted octanol–water partition coefficient (Wildman–Crippen LogP) is 5.36. The highest BCUT2D eigenvalue weighted by Gasteiger charge is 2.11. The Balaban J connectivity index is 1.51. The molecule has 0 bridgehead atoms. The maximum absolute atomic E-state index is 12.4. The second-order valence-electron chi connectivity index (χ2n) is 7.64. The number of carbonyl (C=O) groups excluding carboxylic acids is 2. The third-order valence-corrected chi connectivity index (χ3v) is 4.92. The zero-order valence-corrected chi connectivity index (χ0v) is 18.7. The van der Waals surface area contributed by atoms with E-state index in [0.717, 1.165) is 5.56 Å². The second kappa shape index (κ2) is 10.5. The maximum Gasteiger partial charge on any atom is 0.349 e. The predicted molar refractivity (Wildman–Crippen MR) is 124 cm³/mol. The summed E-state index contributed by atoms with van der Waals surface area (Å²) in [7, 11) is 1.58. The van der Waals surface area contributed by atoms with Gasteiger partial charge in [-0.25, -0.2) is 4.79 Å². The topological polar surface area (TPSA) is 73.9 Å². The zero-order valence-electron chi connectivity index (χ0n) is 18.7. The van der Waals surface area contributed by atoms with Crippen LogP contribution >= 0.6 is 0 Å². The number of nitrogens with one attached hydrogen (secondary N) is 1. The number of amides is 1. The molecule has 0 unspecified atom stereocenters. The van der Waals surface area contributed by atoms with Crippen molar-refractivity contribution in [3.8, 4) is 17.2 Å². The molecule has 1 amide bonds. The lowest BCUT2D eigenvalue weighted by Gasteiger charge is -2.12. The van der Waals surface area contributed by atoms with E-state index >= 15 is 0 Å². The Labute approximate surface area is 188 Å². The SMILES string of the molecule is COc1ccc(NC(=O)c2ccc(OC(=O)COc3ccc(C(C)C)c(C)c3)cc2)cc1. The first-order valence-electron chi connectivity index (χ1n) is 10.3. The summed E-state index contributed by atoms with van der Waals surface area (Å²) in [6, 6.07) is 19.1. The normalized spacial score (nSPS) is 10.5. The van der Waals surface area contributed by atoms with Crippen LogP contribution in [0.4, 0.5) is 5.69 Å².